The molecule has 1 fully saturated rings. The molecule has 0 radical (unpaired) electrons. The highest BCUT2D eigenvalue weighted by Gasteiger charge is 2.29. The van der Waals surface area contributed by atoms with E-state index >= 15 is 0 Å². The lowest BCUT2D eigenvalue weighted by atomic mass is 9.91. The summed E-state index contributed by atoms with van der Waals surface area (Å²) in [4.78, 5) is 14.5. The number of benzene rings is 1. The Morgan fingerprint density at radius 1 is 1.26 bits per heavy atom. The van der Waals surface area contributed by atoms with Crippen LogP contribution in [0, 0.1) is 5.92 Å². The summed E-state index contributed by atoms with van der Waals surface area (Å²) in [5.74, 6) is -0.0722. The van der Waals surface area contributed by atoms with Crippen molar-refractivity contribution >= 4 is 5.91 Å². The minimum Gasteiger partial charge on any atom is -0.394 e. The molecule has 2 aromatic rings. The first-order valence-electron chi connectivity index (χ1n) is 7.75. The van der Waals surface area contributed by atoms with Gasteiger partial charge in [0.15, 0.2) is 5.69 Å². The number of aromatic nitrogens is 3. The van der Waals surface area contributed by atoms with Gasteiger partial charge in [-0.1, -0.05) is 23.4 Å². The van der Waals surface area contributed by atoms with E-state index in [1.165, 1.54) is 10.9 Å². The smallest absolute Gasteiger partial charge is 0.274 e. The maximum absolute atomic E-state index is 12.7. The Bertz CT molecular complexity index is 650. The molecule has 1 aromatic heterocycles. The molecule has 1 aliphatic heterocycles. The third kappa shape index (κ3) is 3.25. The lowest BCUT2D eigenvalue weighted by molar-refractivity contribution is 0.0177. The third-order valence-electron chi connectivity index (χ3n) is 4.33. The number of rotatable bonds is 4. The predicted molar refractivity (Wildman–Crippen MR) is 83.1 cm³/mol. The molecule has 2 N–H and O–H groups in total. The molecule has 0 saturated carbocycles. The van der Waals surface area contributed by atoms with E-state index in [1.54, 1.807) is 4.90 Å². The van der Waals surface area contributed by atoms with Crippen LogP contribution in [-0.4, -0.2) is 61.8 Å². The van der Waals surface area contributed by atoms with Crippen LogP contribution >= 0.6 is 0 Å². The van der Waals surface area contributed by atoms with Gasteiger partial charge in [0.05, 0.1) is 24.6 Å². The molecule has 1 aromatic carbocycles. The van der Waals surface area contributed by atoms with Crippen molar-refractivity contribution in [2.75, 3.05) is 19.7 Å². The number of nitrogens with zero attached hydrogens (tertiary/aromatic N) is 4. The topological polar surface area (TPSA) is 91.5 Å². The Morgan fingerprint density at radius 3 is 2.61 bits per heavy atom. The molecule has 1 unspecified atom stereocenters. The number of likely N-dealkylation sites (tertiary alicyclic amines) is 1. The molecule has 3 rings (SSSR count). The maximum Gasteiger partial charge on any atom is 0.274 e. The maximum atomic E-state index is 12.7. The predicted octanol–water partition coefficient (Wildman–Crippen LogP) is 0.473. The third-order valence-corrected chi connectivity index (χ3v) is 4.33. The summed E-state index contributed by atoms with van der Waals surface area (Å²) in [5.41, 5.74) is 1.22. The van der Waals surface area contributed by atoms with Gasteiger partial charge in [0.1, 0.15) is 0 Å². The van der Waals surface area contributed by atoms with Crippen LogP contribution in [0.5, 0.6) is 0 Å². The first-order chi connectivity index (χ1) is 11.2. The molecule has 0 bridgehead atoms. The minimum absolute atomic E-state index is 0.0428. The second kappa shape index (κ2) is 6.89. The van der Waals surface area contributed by atoms with E-state index in [1.807, 2.05) is 30.3 Å². The summed E-state index contributed by atoms with van der Waals surface area (Å²) in [6.07, 6.45) is 2.13. The van der Waals surface area contributed by atoms with Crippen LogP contribution < -0.4 is 0 Å². The number of aliphatic hydroxyl groups excluding tert-OH is 2. The molecule has 1 aliphatic rings. The molecule has 0 spiro atoms. The fraction of sp³-hybridized carbons (Fsp3) is 0.438. The van der Waals surface area contributed by atoms with Crippen molar-refractivity contribution in [3.05, 3.63) is 42.2 Å². The van der Waals surface area contributed by atoms with E-state index in [0.29, 0.717) is 31.6 Å². The van der Waals surface area contributed by atoms with Crippen LogP contribution in [-0.2, 0) is 0 Å². The summed E-state index contributed by atoms with van der Waals surface area (Å²) < 4.78 is 1.54. The van der Waals surface area contributed by atoms with Crippen LogP contribution in [0.15, 0.2) is 36.5 Å². The summed E-state index contributed by atoms with van der Waals surface area (Å²) in [6.45, 7) is 0.879. The quantitative estimate of drug-likeness (QED) is 0.856. The fourth-order valence-electron chi connectivity index (χ4n) is 2.94. The highest BCUT2D eigenvalue weighted by atomic mass is 16.3. The van der Waals surface area contributed by atoms with E-state index in [4.69, 9.17) is 5.11 Å². The monoisotopic (exact) mass is 316 g/mol. The Hall–Kier alpha value is -2.25. The number of amides is 1. The standard InChI is InChI=1S/C16H20N4O3/c21-11-15(22)12-6-8-19(9-7-12)16(23)14-10-17-18-20(14)13-4-2-1-3-5-13/h1-5,10,12,15,21-22H,6-9,11H2. The molecule has 122 valence electrons. The highest BCUT2D eigenvalue weighted by Crippen LogP contribution is 2.22. The van der Waals surface area contributed by atoms with Crippen molar-refractivity contribution in [2.24, 2.45) is 5.92 Å². The second-order valence-corrected chi connectivity index (χ2v) is 5.75. The van der Waals surface area contributed by atoms with Crippen LogP contribution in [0.3, 0.4) is 0 Å². The summed E-state index contributed by atoms with van der Waals surface area (Å²) in [7, 11) is 0. The minimum atomic E-state index is -0.705. The van der Waals surface area contributed by atoms with Crippen molar-refractivity contribution < 1.29 is 15.0 Å². The van der Waals surface area contributed by atoms with Gasteiger partial charge in [-0.2, -0.15) is 0 Å². The van der Waals surface area contributed by atoms with Crippen molar-refractivity contribution in [3.63, 3.8) is 0 Å². The Morgan fingerprint density at radius 2 is 1.96 bits per heavy atom. The van der Waals surface area contributed by atoms with E-state index in [0.717, 1.165) is 5.69 Å². The summed E-state index contributed by atoms with van der Waals surface area (Å²) in [6, 6.07) is 9.41. The molecule has 0 aliphatic carbocycles. The van der Waals surface area contributed by atoms with Gasteiger partial charge in [-0.05, 0) is 30.9 Å². The number of hydrogen-bond donors (Lipinski definition) is 2. The van der Waals surface area contributed by atoms with Crippen molar-refractivity contribution in [2.45, 2.75) is 18.9 Å². The van der Waals surface area contributed by atoms with Crippen LogP contribution in [0.2, 0.25) is 0 Å². The molecular weight excluding hydrogens is 296 g/mol. The molecule has 2 heterocycles. The largest absolute Gasteiger partial charge is 0.394 e. The average Bonchev–Trinajstić information content (AvgIpc) is 3.11. The summed E-state index contributed by atoms with van der Waals surface area (Å²) >= 11 is 0. The second-order valence-electron chi connectivity index (χ2n) is 5.75. The van der Waals surface area contributed by atoms with Crippen LogP contribution in [0.4, 0.5) is 0 Å². The Labute approximate surface area is 134 Å². The van der Waals surface area contributed by atoms with E-state index in [9.17, 15) is 9.90 Å². The van der Waals surface area contributed by atoms with Crippen molar-refractivity contribution in [1.29, 1.82) is 0 Å². The van der Waals surface area contributed by atoms with Gasteiger partial charge < -0.3 is 15.1 Å². The lowest BCUT2D eigenvalue weighted by Crippen LogP contribution is -2.42. The van der Waals surface area contributed by atoms with Gasteiger partial charge in [0.25, 0.3) is 5.91 Å². The fourth-order valence-corrected chi connectivity index (χ4v) is 2.94. The van der Waals surface area contributed by atoms with E-state index < -0.39 is 6.10 Å². The highest BCUT2D eigenvalue weighted by molar-refractivity contribution is 5.92. The van der Waals surface area contributed by atoms with E-state index in [2.05, 4.69) is 10.3 Å². The van der Waals surface area contributed by atoms with Gasteiger partial charge >= 0.3 is 0 Å². The van der Waals surface area contributed by atoms with Crippen molar-refractivity contribution in [1.82, 2.24) is 19.9 Å². The number of hydrogen-bond acceptors (Lipinski definition) is 5. The zero-order chi connectivity index (χ0) is 16.2. The van der Waals surface area contributed by atoms with Gasteiger partial charge in [-0.15, -0.1) is 5.10 Å². The van der Waals surface area contributed by atoms with Gasteiger partial charge in [0, 0.05) is 13.1 Å². The van der Waals surface area contributed by atoms with E-state index in [-0.39, 0.29) is 18.4 Å². The molecule has 1 saturated heterocycles. The number of carbonyl (C=O) groups is 1. The van der Waals surface area contributed by atoms with Crippen molar-refractivity contribution in [3.8, 4) is 5.69 Å². The van der Waals surface area contributed by atoms with Gasteiger partial charge in [0.2, 0.25) is 0 Å². The summed E-state index contributed by atoms with van der Waals surface area (Å²) in [5, 5.41) is 26.6. The first-order valence-corrected chi connectivity index (χ1v) is 7.75. The number of aliphatic hydroxyl groups is 2. The number of carbonyl (C=O) groups excluding carboxylic acids is 1. The molecule has 7 heteroatoms. The van der Waals surface area contributed by atoms with Gasteiger partial charge in [-0.25, -0.2) is 4.68 Å². The SMILES string of the molecule is O=C(c1cnnn1-c1ccccc1)N1CCC(C(O)CO)CC1. The Balaban J connectivity index is 1.72. The van der Waals surface area contributed by atoms with Gasteiger partial charge in [-0.3, -0.25) is 4.79 Å². The lowest BCUT2D eigenvalue weighted by Gasteiger charge is -2.33. The molecule has 23 heavy (non-hydrogen) atoms. The molecule has 1 atom stereocenters. The van der Waals surface area contributed by atoms with Crippen LogP contribution in [0.1, 0.15) is 23.3 Å². The molecule has 1 amide bonds. The molecular formula is C16H20N4O3. The average molecular weight is 316 g/mol. The number of para-hydroxylation sites is 1. The zero-order valence-electron chi connectivity index (χ0n) is 12.7. The number of piperidine rings is 1. The zero-order valence-corrected chi connectivity index (χ0v) is 12.7. The normalized spacial score (nSPS) is 17.2. The molecule has 7 nitrogen and oxygen atoms in total. The van der Waals surface area contributed by atoms with Crippen LogP contribution in [0.25, 0.3) is 5.69 Å². The Kier molecular flexibility index (Phi) is 4.68. The first kappa shape index (κ1) is 15.6.